The molecule has 0 atom stereocenters. The number of carboxylic acid groups (broad SMARTS) is 1. The van der Waals surface area contributed by atoms with Gasteiger partial charge in [0.1, 0.15) is 0 Å². The normalized spacial score (nSPS) is 22.6. The summed E-state index contributed by atoms with van der Waals surface area (Å²) < 4.78 is 10.6. The summed E-state index contributed by atoms with van der Waals surface area (Å²) in [5, 5.41) is 12.0. The third-order valence-corrected chi connectivity index (χ3v) is 4.52. The first kappa shape index (κ1) is 15.6. The van der Waals surface area contributed by atoms with Crippen molar-refractivity contribution in [1.29, 1.82) is 0 Å². The van der Waals surface area contributed by atoms with Crippen molar-refractivity contribution in [3.05, 3.63) is 23.8 Å². The number of carboxylic acids is 1. The Morgan fingerprint density at radius 1 is 1.13 bits per heavy atom. The number of hydrogen-bond donors (Lipinski definition) is 2. The molecule has 2 N–H and O–H groups in total. The first-order valence-electron chi connectivity index (χ1n) is 8.02. The molecule has 0 aromatic heterocycles. The van der Waals surface area contributed by atoms with Crippen molar-refractivity contribution in [2.45, 2.75) is 44.6 Å². The number of carbonyl (C=O) groups is 2. The molecule has 0 bridgehead atoms. The fourth-order valence-corrected chi connectivity index (χ4v) is 3.14. The van der Waals surface area contributed by atoms with Gasteiger partial charge in [0.15, 0.2) is 11.5 Å². The Bertz CT molecular complexity index is 593. The van der Waals surface area contributed by atoms with E-state index < -0.39 is 5.97 Å². The Morgan fingerprint density at radius 2 is 1.87 bits per heavy atom. The predicted octanol–water partition coefficient (Wildman–Crippen LogP) is 2.11. The summed E-state index contributed by atoms with van der Waals surface area (Å²) in [5.74, 6) is 0.513. The zero-order valence-corrected chi connectivity index (χ0v) is 12.9. The van der Waals surface area contributed by atoms with Crippen LogP contribution in [0.4, 0.5) is 0 Å². The van der Waals surface area contributed by atoms with E-state index in [0.717, 1.165) is 29.9 Å². The summed E-state index contributed by atoms with van der Waals surface area (Å²) in [4.78, 5) is 23.0. The van der Waals surface area contributed by atoms with Gasteiger partial charge in [-0.25, -0.2) is 0 Å². The number of carbonyl (C=O) groups excluding carboxylic acids is 1. The highest BCUT2D eigenvalue weighted by Gasteiger charge is 2.26. The average molecular weight is 319 g/mol. The van der Waals surface area contributed by atoms with Crippen LogP contribution in [-0.2, 0) is 16.0 Å². The van der Waals surface area contributed by atoms with Crippen LogP contribution in [-0.4, -0.2) is 29.8 Å². The molecule has 0 unspecified atom stereocenters. The molecule has 1 heterocycles. The number of amides is 1. The van der Waals surface area contributed by atoms with Crippen molar-refractivity contribution in [3.63, 3.8) is 0 Å². The van der Waals surface area contributed by atoms with Crippen LogP contribution < -0.4 is 14.8 Å². The fourth-order valence-electron chi connectivity index (χ4n) is 3.14. The Kier molecular flexibility index (Phi) is 4.69. The maximum atomic E-state index is 12.1. The zero-order chi connectivity index (χ0) is 16.2. The van der Waals surface area contributed by atoms with Gasteiger partial charge in [0, 0.05) is 12.5 Å². The van der Waals surface area contributed by atoms with E-state index in [2.05, 4.69) is 5.32 Å². The smallest absolute Gasteiger partial charge is 0.306 e. The number of aliphatic carboxylic acids is 1. The van der Waals surface area contributed by atoms with Crippen molar-refractivity contribution in [1.82, 2.24) is 5.32 Å². The Labute approximate surface area is 134 Å². The van der Waals surface area contributed by atoms with E-state index in [1.54, 1.807) is 0 Å². The summed E-state index contributed by atoms with van der Waals surface area (Å²) in [5.41, 5.74) is 1.04. The molecule has 124 valence electrons. The molecule has 1 amide bonds. The molecular weight excluding hydrogens is 298 g/mol. The standard InChI is InChI=1S/C17H21NO5/c19-16(18-13-5-3-12(4-6-13)17(20)21)8-2-11-1-7-14-15(9-11)23-10-22-14/h1,7,9,12-13H,2-6,8,10H2,(H,18,19)(H,20,21). The lowest BCUT2D eigenvalue weighted by Crippen LogP contribution is -2.38. The van der Waals surface area contributed by atoms with Crippen molar-refractivity contribution in [2.24, 2.45) is 5.92 Å². The molecule has 1 saturated carbocycles. The number of aryl methyl sites for hydroxylation is 1. The van der Waals surface area contributed by atoms with Crippen molar-refractivity contribution >= 4 is 11.9 Å². The molecule has 0 radical (unpaired) electrons. The number of fused-ring (bicyclic) bond motifs is 1. The van der Waals surface area contributed by atoms with Gasteiger partial charge in [-0.1, -0.05) is 6.07 Å². The molecule has 0 saturated heterocycles. The monoisotopic (exact) mass is 319 g/mol. The van der Waals surface area contributed by atoms with Gasteiger partial charge in [-0.05, 0) is 49.8 Å². The van der Waals surface area contributed by atoms with Gasteiger partial charge < -0.3 is 19.9 Å². The molecule has 1 aliphatic carbocycles. The van der Waals surface area contributed by atoms with Crippen LogP contribution >= 0.6 is 0 Å². The first-order chi connectivity index (χ1) is 11.1. The predicted molar refractivity (Wildman–Crippen MR) is 82.4 cm³/mol. The van der Waals surface area contributed by atoms with E-state index in [0.29, 0.717) is 25.7 Å². The molecule has 3 rings (SSSR count). The molecule has 6 heteroatoms. The van der Waals surface area contributed by atoms with Crippen LogP contribution in [0, 0.1) is 5.92 Å². The van der Waals surface area contributed by atoms with E-state index in [9.17, 15) is 9.59 Å². The lowest BCUT2D eigenvalue weighted by Gasteiger charge is -2.26. The van der Waals surface area contributed by atoms with Gasteiger partial charge in [0.05, 0.1) is 5.92 Å². The largest absolute Gasteiger partial charge is 0.481 e. The zero-order valence-electron chi connectivity index (χ0n) is 12.9. The summed E-state index contributed by atoms with van der Waals surface area (Å²) in [6.45, 7) is 0.248. The van der Waals surface area contributed by atoms with E-state index >= 15 is 0 Å². The van der Waals surface area contributed by atoms with Crippen molar-refractivity contribution < 1.29 is 24.2 Å². The van der Waals surface area contributed by atoms with Crippen molar-refractivity contribution in [3.8, 4) is 11.5 Å². The van der Waals surface area contributed by atoms with Gasteiger partial charge in [0.2, 0.25) is 12.7 Å². The Balaban J connectivity index is 1.42. The summed E-state index contributed by atoms with van der Waals surface area (Å²) in [6, 6.07) is 5.82. The van der Waals surface area contributed by atoms with E-state index in [1.165, 1.54) is 0 Å². The third kappa shape index (κ3) is 3.94. The Morgan fingerprint density at radius 3 is 2.61 bits per heavy atom. The van der Waals surface area contributed by atoms with Gasteiger partial charge in [-0.2, -0.15) is 0 Å². The van der Waals surface area contributed by atoms with Gasteiger partial charge in [-0.3, -0.25) is 9.59 Å². The number of benzene rings is 1. The topological polar surface area (TPSA) is 84.9 Å². The van der Waals surface area contributed by atoms with Crippen LogP contribution in [0.1, 0.15) is 37.7 Å². The minimum absolute atomic E-state index is 0.0152. The molecular formula is C17H21NO5. The molecule has 23 heavy (non-hydrogen) atoms. The highest BCUT2D eigenvalue weighted by atomic mass is 16.7. The molecule has 2 aliphatic rings. The average Bonchev–Trinajstić information content (AvgIpc) is 3.01. The summed E-state index contributed by atoms with van der Waals surface area (Å²) in [7, 11) is 0. The Hall–Kier alpha value is -2.24. The second-order valence-corrected chi connectivity index (χ2v) is 6.14. The number of rotatable bonds is 5. The van der Waals surface area contributed by atoms with Crippen LogP contribution in [0.3, 0.4) is 0 Å². The summed E-state index contributed by atoms with van der Waals surface area (Å²) in [6.07, 6.45) is 3.83. The number of ether oxygens (including phenoxy) is 2. The maximum absolute atomic E-state index is 12.1. The molecule has 6 nitrogen and oxygen atoms in total. The summed E-state index contributed by atoms with van der Waals surface area (Å²) >= 11 is 0. The van der Waals surface area contributed by atoms with Crippen LogP contribution in [0.5, 0.6) is 11.5 Å². The molecule has 1 aromatic rings. The maximum Gasteiger partial charge on any atom is 0.306 e. The van der Waals surface area contributed by atoms with Gasteiger partial charge in [-0.15, -0.1) is 0 Å². The van der Waals surface area contributed by atoms with E-state index in [-0.39, 0.29) is 24.7 Å². The number of nitrogens with one attached hydrogen (secondary N) is 1. The van der Waals surface area contributed by atoms with Crippen LogP contribution in [0.2, 0.25) is 0 Å². The molecule has 1 fully saturated rings. The quantitative estimate of drug-likeness (QED) is 0.868. The lowest BCUT2D eigenvalue weighted by atomic mass is 9.86. The molecule has 1 aliphatic heterocycles. The third-order valence-electron chi connectivity index (χ3n) is 4.52. The molecule has 0 spiro atoms. The lowest BCUT2D eigenvalue weighted by molar-refractivity contribution is -0.142. The fraction of sp³-hybridized carbons (Fsp3) is 0.529. The van der Waals surface area contributed by atoms with Gasteiger partial charge >= 0.3 is 5.97 Å². The second kappa shape index (κ2) is 6.89. The van der Waals surface area contributed by atoms with Crippen LogP contribution in [0.15, 0.2) is 18.2 Å². The van der Waals surface area contributed by atoms with Gasteiger partial charge in [0.25, 0.3) is 0 Å². The highest BCUT2D eigenvalue weighted by Crippen LogP contribution is 2.32. The second-order valence-electron chi connectivity index (χ2n) is 6.14. The minimum atomic E-state index is -0.724. The van der Waals surface area contributed by atoms with E-state index in [4.69, 9.17) is 14.6 Å². The minimum Gasteiger partial charge on any atom is -0.481 e. The first-order valence-corrected chi connectivity index (χ1v) is 8.02. The van der Waals surface area contributed by atoms with E-state index in [1.807, 2.05) is 18.2 Å². The SMILES string of the molecule is O=C(CCc1ccc2c(c1)OCO2)NC1CCC(C(=O)O)CC1. The molecule has 1 aromatic carbocycles. The van der Waals surface area contributed by atoms with Crippen molar-refractivity contribution in [2.75, 3.05) is 6.79 Å². The van der Waals surface area contributed by atoms with Crippen LogP contribution in [0.25, 0.3) is 0 Å². The number of hydrogen-bond acceptors (Lipinski definition) is 4. The highest BCUT2D eigenvalue weighted by molar-refractivity contribution is 5.76.